The Bertz CT molecular complexity index is 1420. The summed E-state index contributed by atoms with van der Waals surface area (Å²) >= 11 is 0. The second-order valence-electron chi connectivity index (χ2n) is 13.1. The van der Waals surface area contributed by atoms with Gasteiger partial charge in [0.2, 0.25) is 16.4 Å². The highest BCUT2D eigenvalue weighted by Crippen LogP contribution is 2.41. The van der Waals surface area contributed by atoms with E-state index in [2.05, 4.69) is 36.6 Å². The third kappa shape index (κ3) is 9.36. The van der Waals surface area contributed by atoms with Gasteiger partial charge in [0, 0.05) is 34.8 Å². The summed E-state index contributed by atoms with van der Waals surface area (Å²) in [4.78, 5) is 6.65. The van der Waals surface area contributed by atoms with Crippen LogP contribution in [0.15, 0.2) is 53.3 Å². The summed E-state index contributed by atoms with van der Waals surface area (Å²) in [7, 11) is -1.67. The zero-order valence-corrected chi connectivity index (χ0v) is 27.0. The van der Waals surface area contributed by atoms with Crippen LogP contribution in [0.4, 0.5) is 11.4 Å². The van der Waals surface area contributed by atoms with Gasteiger partial charge in [-0.15, -0.1) is 0 Å². The SMILES string of the molecule is COc1c(C=Cc2ccc(NS(C)(=O)=O)cc2)cc(N2C(OC(C)(C)C)=CC=NC2OC(C)(C)C)cc1C(C)(C)C. The maximum absolute atomic E-state index is 11.6. The Morgan fingerprint density at radius 3 is 2.07 bits per heavy atom. The number of hydrogen-bond donors (Lipinski definition) is 1. The van der Waals surface area contributed by atoms with Gasteiger partial charge in [0.25, 0.3) is 0 Å². The van der Waals surface area contributed by atoms with E-state index in [1.807, 2.05) is 82.9 Å². The minimum atomic E-state index is -3.34. The Labute approximate surface area is 246 Å². The second kappa shape index (κ2) is 11.9. The molecule has 1 atom stereocenters. The largest absolute Gasteiger partial charge is 0.496 e. The van der Waals surface area contributed by atoms with Crippen LogP contribution in [-0.4, -0.2) is 45.6 Å². The molecule has 9 heteroatoms. The highest BCUT2D eigenvalue weighted by Gasteiger charge is 2.33. The average molecular weight is 584 g/mol. The van der Waals surface area contributed by atoms with Crippen LogP contribution in [-0.2, 0) is 24.9 Å². The lowest BCUT2D eigenvalue weighted by atomic mass is 9.84. The van der Waals surface area contributed by atoms with Gasteiger partial charge in [-0.2, -0.15) is 0 Å². The summed E-state index contributed by atoms with van der Waals surface area (Å²) in [6.45, 7) is 18.5. The Morgan fingerprint density at radius 2 is 1.56 bits per heavy atom. The van der Waals surface area contributed by atoms with Crippen molar-refractivity contribution < 1.29 is 22.6 Å². The van der Waals surface area contributed by atoms with Crippen molar-refractivity contribution in [2.75, 3.05) is 23.0 Å². The molecule has 0 aromatic heterocycles. The number of aliphatic imine (C=N–C) groups is 1. The smallest absolute Gasteiger partial charge is 0.235 e. The van der Waals surface area contributed by atoms with Crippen LogP contribution in [0.2, 0.25) is 0 Å². The first-order valence-corrected chi connectivity index (χ1v) is 15.5. The number of benzene rings is 2. The van der Waals surface area contributed by atoms with Gasteiger partial charge < -0.3 is 14.2 Å². The van der Waals surface area contributed by atoms with Crippen molar-refractivity contribution >= 4 is 39.8 Å². The predicted molar refractivity (Wildman–Crippen MR) is 170 cm³/mol. The Morgan fingerprint density at radius 1 is 0.927 bits per heavy atom. The zero-order chi connectivity index (χ0) is 30.8. The molecule has 41 heavy (non-hydrogen) atoms. The number of nitrogens with one attached hydrogen (secondary N) is 1. The number of methoxy groups -OCH3 is 1. The monoisotopic (exact) mass is 583 g/mol. The van der Waals surface area contributed by atoms with E-state index in [1.165, 1.54) is 0 Å². The number of rotatable bonds is 8. The maximum Gasteiger partial charge on any atom is 0.235 e. The molecule has 8 nitrogen and oxygen atoms in total. The highest BCUT2D eigenvalue weighted by molar-refractivity contribution is 7.92. The van der Waals surface area contributed by atoms with Crippen molar-refractivity contribution in [3.8, 4) is 5.75 Å². The van der Waals surface area contributed by atoms with E-state index < -0.39 is 27.6 Å². The van der Waals surface area contributed by atoms with Gasteiger partial charge in [0.05, 0.1) is 19.0 Å². The zero-order valence-electron chi connectivity index (χ0n) is 26.2. The fraction of sp³-hybridized carbons (Fsp3) is 0.469. The minimum absolute atomic E-state index is 0.239. The molecule has 0 saturated heterocycles. The van der Waals surface area contributed by atoms with Crippen molar-refractivity contribution in [3.63, 3.8) is 0 Å². The highest BCUT2D eigenvalue weighted by atomic mass is 32.2. The van der Waals surface area contributed by atoms with Crippen molar-refractivity contribution in [1.29, 1.82) is 0 Å². The first kappa shape index (κ1) is 32.2. The third-order valence-corrected chi connectivity index (χ3v) is 6.43. The average Bonchev–Trinajstić information content (AvgIpc) is 2.79. The van der Waals surface area contributed by atoms with Gasteiger partial charge in [-0.25, -0.2) is 13.4 Å². The van der Waals surface area contributed by atoms with Crippen LogP contribution >= 0.6 is 0 Å². The second-order valence-corrected chi connectivity index (χ2v) is 14.9. The molecule has 2 aromatic carbocycles. The van der Waals surface area contributed by atoms with Gasteiger partial charge in [0.15, 0.2) is 5.88 Å². The third-order valence-electron chi connectivity index (χ3n) is 5.82. The molecule has 224 valence electrons. The number of nitrogens with zero attached hydrogens (tertiary/aromatic N) is 2. The quantitative estimate of drug-likeness (QED) is 0.331. The van der Waals surface area contributed by atoms with Crippen LogP contribution in [0.3, 0.4) is 0 Å². The number of allylic oxidation sites excluding steroid dienone is 1. The molecule has 1 aliphatic rings. The summed E-state index contributed by atoms with van der Waals surface area (Å²) in [5.41, 5.74) is 3.01. The molecule has 2 aromatic rings. The molecule has 0 amide bonds. The summed E-state index contributed by atoms with van der Waals surface area (Å²) in [6, 6.07) is 11.3. The first-order valence-electron chi connectivity index (χ1n) is 13.6. The topological polar surface area (TPSA) is 89.5 Å². The normalized spacial score (nSPS) is 16.6. The van der Waals surface area contributed by atoms with Gasteiger partial charge in [-0.1, -0.05) is 45.1 Å². The molecule has 1 N–H and O–H groups in total. The van der Waals surface area contributed by atoms with Crippen molar-refractivity contribution in [3.05, 3.63) is 65.0 Å². The van der Waals surface area contributed by atoms with Gasteiger partial charge in [-0.05, 0) is 76.8 Å². The molecule has 1 heterocycles. The fourth-order valence-corrected chi connectivity index (χ4v) is 4.80. The minimum Gasteiger partial charge on any atom is -0.496 e. The first-order chi connectivity index (χ1) is 18.8. The predicted octanol–water partition coefficient (Wildman–Crippen LogP) is 7.18. The molecule has 0 bridgehead atoms. The van der Waals surface area contributed by atoms with Crippen LogP contribution in [0.25, 0.3) is 12.2 Å². The lowest BCUT2D eigenvalue weighted by molar-refractivity contribution is -0.0639. The van der Waals surface area contributed by atoms with Gasteiger partial charge in [0.1, 0.15) is 11.4 Å². The number of hydrogen-bond acceptors (Lipinski definition) is 7. The van der Waals surface area contributed by atoms with Gasteiger partial charge in [-0.3, -0.25) is 9.62 Å². The number of ether oxygens (including phenoxy) is 3. The molecule has 0 saturated carbocycles. The van der Waals surface area contributed by atoms with Crippen molar-refractivity contribution in [2.45, 2.75) is 85.3 Å². The molecule has 0 aliphatic carbocycles. The van der Waals surface area contributed by atoms with Gasteiger partial charge >= 0.3 is 0 Å². The van der Waals surface area contributed by atoms with E-state index in [1.54, 1.807) is 25.5 Å². The Balaban J connectivity index is 2.16. The standard InChI is InChI=1S/C32H45N3O5S/c1-30(2,3)26-21-25(35-27(39-31(4,5)6)18-19-33-29(35)40-32(7,8)9)20-23(28(26)38-10)15-12-22-13-16-24(17-14-22)34-41(11,36)37/h12-21,29,34H,1-11H3. The van der Waals surface area contributed by atoms with E-state index in [-0.39, 0.29) is 5.41 Å². The molecular formula is C32H45N3O5S. The molecule has 0 radical (unpaired) electrons. The lowest BCUT2D eigenvalue weighted by Crippen LogP contribution is -2.44. The Kier molecular flexibility index (Phi) is 9.35. The summed E-state index contributed by atoms with van der Waals surface area (Å²) in [5, 5.41) is 0. The molecule has 1 unspecified atom stereocenters. The van der Waals surface area contributed by atoms with E-state index in [0.717, 1.165) is 34.4 Å². The summed E-state index contributed by atoms with van der Waals surface area (Å²) in [5.74, 6) is 1.40. The van der Waals surface area contributed by atoms with E-state index >= 15 is 0 Å². The maximum atomic E-state index is 11.6. The van der Waals surface area contributed by atoms with Crippen LogP contribution in [0, 0.1) is 0 Å². The van der Waals surface area contributed by atoms with Crippen molar-refractivity contribution in [1.82, 2.24) is 0 Å². The summed E-state index contributed by atoms with van der Waals surface area (Å²) < 4.78 is 44.4. The van der Waals surface area contributed by atoms with Crippen LogP contribution in [0.1, 0.15) is 79.0 Å². The Hall–Kier alpha value is -3.30. The molecular weight excluding hydrogens is 538 g/mol. The van der Waals surface area contributed by atoms with Crippen LogP contribution < -0.4 is 14.4 Å². The van der Waals surface area contributed by atoms with Crippen molar-refractivity contribution in [2.24, 2.45) is 4.99 Å². The van der Waals surface area contributed by atoms with E-state index in [4.69, 9.17) is 14.2 Å². The van der Waals surface area contributed by atoms with Crippen LogP contribution in [0.5, 0.6) is 5.75 Å². The van der Waals surface area contributed by atoms with E-state index in [9.17, 15) is 8.42 Å². The van der Waals surface area contributed by atoms with E-state index in [0.29, 0.717) is 11.6 Å². The molecule has 0 fully saturated rings. The number of anilines is 2. The fourth-order valence-electron chi connectivity index (χ4n) is 4.23. The molecule has 0 spiro atoms. The summed E-state index contributed by atoms with van der Waals surface area (Å²) in [6.07, 6.45) is 8.05. The molecule has 3 rings (SSSR count). The molecule has 1 aliphatic heterocycles. The number of sulfonamides is 1. The lowest BCUT2D eigenvalue weighted by Gasteiger charge is -2.40.